The van der Waals surface area contributed by atoms with Crippen LogP contribution in [0.4, 0.5) is 4.39 Å². The van der Waals surface area contributed by atoms with Crippen molar-refractivity contribution in [3.05, 3.63) is 41.6 Å². The fourth-order valence-corrected chi connectivity index (χ4v) is 2.74. The first-order valence-electron chi connectivity index (χ1n) is 6.61. The van der Waals surface area contributed by atoms with E-state index in [0.717, 1.165) is 22.8 Å². The second-order valence-electron chi connectivity index (χ2n) is 5.15. The molecule has 1 aromatic carbocycles. The maximum atomic E-state index is 13.0. The van der Waals surface area contributed by atoms with Gasteiger partial charge in [0.15, 0.2) is 0 Å². The molecule has 1 aliphatic rings. The molecule has 0 saturated heterocycles. The van der Waals surface area contributed by atoms with E-state index in [9.17, 15) is 9.18 Å². The molecule has 3 rings (SSSR count). The SMILES string of the molecule is Cc1c(-c2ccc(F)cc2)nc2n1CCC(C(=O)O)C2. The van der Waals surface area contributed by atoms with Crippen LogP contribution < -0.4 is 0 Å². The van der Waals surface area contributed by atoms with Crippen molar-refractivity contribution in [3.8, 4) is 11.3 Å². The second-order valence-corrected chi connectivity index (χ2v) is 5.15. The van der Waals surface area contributed by atoms with Gasteiger partial charge in [-0.05, 0) is 37.6 Å². The number of hydrogen-bond acceptors (Lipinski definition) is 2. The van der Waals surface area contributed by atoms with Gasteiger partial charge < -0.3 is 9.67 Å². The van der Waals surface area contributed by atoms with Crippen molar-refractivity contribution in [2.75, 3.05) is 0 Å². The minimum Gasteiger partial charge on any atom is -0.481 e. The fourth-order valence-electron chi connectivity index (χ4n) is 2.74. The van der Waals surface area contributed by atoms with E-state index in [4.69, 9.17) is 5.11 Å². The van der Waals surface area contributed by atoms with E-state index in [0.29, 0.717) is 19.4 Å². The van der Waals surface area contributed by atoms with E-state index < -0.39 is 5.97 Å². The molecule has 0 saturated carbocycles. The molecule has 1 N–H and O–H groups in total. The monoisotopic (exact) mass is 274 g/mol. The number of fused-ring (bicyclic) bond motifs is 1. The molecule has 1 aromatic heterocycles. The first kappa shape index (κ1) is 12.8. The molecule has 0 radical (unpaired) electrons. The van der Waals surface area contributed by atoms with E-state index in [1.165, 1.54) is 12.1 Å². The smallest absolute Gasteiger partial charge is 0.307 e. The molecule has 0 fully saturated rings. The summed E-state index contributed by atoms with van der Waals surface area (Å²) in [6, 6.07) is 6.22. The summed E-state index contributed by atoms with van der Waals surface area (Å²) in [6.45, 7) is 2.64. The highest BCUT2D eigenvalue weighted by atomic mass is 19.1. The summed E-state index contributed by atoms with van der Waals surface area (Å²) in [7, 11) is 0. The lowest BCUT2D eigenvalue weighted by atomic mass is 9.98. The van der Waals surface area contributed by atoms with Gasteiger partial charge in [0.05, 0.1) is 11.6 Å². The standard InChI is InChI=1S/C15H15FN2O2/c1-9-14(10-2-4-12(16)5-3-10)17-13-8-11(15(19)20)6-7-18(9)13/h2-5,11H,6-8H2,1H3,(H,19,20). The van der Waals surface area contributed by atoms with Crippen molar-refractivity contribution < 1.29 is 14.3 Å². The van der Waals surface area contributed by atoms with E-state index in [2.05, 4.69) is 9.55 Å². The van der Waals surface area contributed by atoms with Gasteiger partial charge in [0.1, 0.15) is 11.6 Å². The van der Waals surface area contributed by atoms with Crippen LogP contribution in [0.15, 0.2) is 24.3 Å². The topological polar surface area (TPSA) is 55.1 Å². The molecule has 0 aliphatic carbocycles. The van der Waals surface area contributed by atoms with Crippen LogP contribution in [0.3, 0.4) is 0 Å². The van der Waals surface area contributed by atoms with Crippen molar-refractivity contribution in [2.24, 2.45) is 5.92 Å². The lowest BCUT2D eigenvalue weighted by Gasteiger charge is -2.20. The summed E-state index contributed by atoms with van der Waals surface area (Å²) in [5.74, 6) is -0.590. The van der Waals surface area contributed by atoms with Gasteiger partial charge >= 0.3 is 5.97 Å². The van der Waals surface area contributed by atoms with Gasteiger partial charge in [-0.2, -0.15) is 0 Å². The van der Waals surface area contributed by atoms with Crippen LogP contribution in [-0.4, -0.2) is 20.6 Å². The van der Waals surface area contributed by atoms with Crippen LogP contribution in [0.25, 0.3) is 11.3 Å². The third kappa shape index (κ3) is 2.09. The van der Waals surface area contributed by atoms with Gasteiger partial charge in [-0.25, -0.2) is 9.37 Å². The molecule has 20 heavy (non-hydrogen) atoms. The van der Waals surface area contributed by atoms with Crippen LogP contribution in [0.2, 0.25) is 0 Å². The maximum absolute atomic E-state index is 13.0. The number of benzene rings is 1. The minimum absolute atomic E-state index is 0.277. The van der Waals surface area contributed by atoms with Crippen LogP contribution in [0.1, 0.15) is 17.9 Å². The highest BCUT2D eigenvalue weighted by Crippen LogP contribution is 2.29. The molecule has 5 heteroatoms. The molecular formula is C15H15FN2O2. The lowest BCUT2D eigenvalue weighted by Crippen LogP contribution is -2.26. The Balaban J connectivity index is 1.99. The Labute approximate surface area is 115 Å². The van der Waals surface area contributed by atoms with E-state index in [-0.39, 0.29) is 11.7 Å². The second kappa shape index (κ2) is 4.74. The van der Waals surface area contributed by atoms with Crippen LogP contribution in [0.5, 0.6) is 0 Å². The van der Waals surface area contributed by atoms with Gasteiger partial charge in [0, 0.05) is 24.2 Å². The number of carbonyl (C=O) groups is 1. The van der Waals surface area contributed by atoms with Crippen molar-refractivity contribution in [1.82, 2.24) is 9.55 Å². The van der Waals surface area contributed by atoms with Gasteiger partial charge in [-0.1, -0.05) is 0 Å². The number of nitrogens with zero attached hydrogens (tertiary/aromatic N) is 2. The molecule has 1 unspecified atom stereocenters. The molecule has 0 spiro atoms. The zero-order valence-electron chi connectivity index (χ0n) is 11.1. The summed E-state index contributed by atoms with van der Waals surface area (Å²) in [4.78, 5) is 15.6. The van der Waals surface area contributed by atoms with Crippen LogP contribution in [-0.2, 0) is 17.8 Å². The molecule has 1 aliphatic heterocycles. The number of hydrogen-bond donors (Lipinski definition) is 1. The fraction of sp³-hybridized carbons (Fsp3) is 0.333. The van der Waals surface area contributed by atoms with Gasteiger partial charge in [0.25, 0.3) is 0 Å². The first-order valence-corrected chi connectivity index (χ1v) is 6.61. The normalized spacial score (nSPS) is 17.8. The molecule has 1 atom stereocenters. The van der Waals surface area contributed by atoms with Crippen molar-refractivity contribution in [1.29, 1.82) is 0 Å². The number of halogens is 1. The van der Waals surface area contributed by atoms with Gasteiger partial charge in [-0.3, -0.25) is 4.79 Å². The zero-order chi connectivity index (χ0) is 14.3. The van der Waals surface area contributed by atoms with Crippen molar-refractivity contribution in [2.45, 2.75) is 26.3 Å². The van der Waals surface area contributed by atoms with Crippen molar-refractivity contribution >= 4 is 5.97 Å². The predicted octanol–water partition coefficient (Wildman–Crippen LogP) is 2.64. The highest BCUT2D eigenvalue weighted by Gasteiger charge is 2.27. The molecule has 0 bridgehead atoms. The highest BCUT2D eigenvalue weighted by molar-refractivity contribution is 5.70. The Hall–Kier alpha value is -2.17. The average molecular weight is 274 g/mol. The number of rotatable bonds is 2. The Morgan fingerprint density at radius 3 is 2.75 bits per heavy atom. The molecule has 0 amide bonds. The number of aliphatic carboxylic acids is 1. The van der Waals surface area contributed by atoms with Gasteiger partial charge in [0.2, 0.25) is 0 Å². The number of carboxylic acids is 1. The summed E-state index contributed by atoms with van der Waals surface area (Å²) >= 11 is 0. The number of aromatic nitrogens is 2. The molecule has 4 nitrogen and oxygen atoms in total. The largest absolute Gasteiger partial charge is 0.481 e. The molecule has 2 aromatic rings. The van der Waals surface area contributed by atoms with E-state index >= 15 is 0 Å². The first-order chi connectivity index (χ1) is 9.56. The molecule has 2 heterocycles. The molecular weight excluding hydrogens is 259 g/mol. The third-order valence-electron chi connectivity index (χ3n) is 3.90. The summed E-state index contributed by atoms with van der Waals surface area (Å²) in [5.41, 5.74) is 2.68. The number of carboxylic acid groups (broad SMARTS) is 1. The average Bonchev–Trinajstić information content (AvgIpc) is 2.76. The lowest BCUT2D eigenvalue weighted by molar-refractivity contribution is -0.142. The Bertz CT molecular complexity index is 661. The third-order valence-corrected chi connectivity index (χ3v) is 3.90. The summed E-state index contributed by atoms with van der Waals surface area (Å²) < 4.78 is 15.0. The molecule has 104 valence electrons. The van der Waals surface area contributed by atoms with Crippen molar-refractivity contribution in [3.63, 3.8) is 0 Å². The summed E-state index contributed by atoms with van der Waals surface area (Å²) in [6.07, 6.45) is 1.08. The quantitative estimate of drug-likeness (QED) is 0.916. The Morgan fingerprint density at radius 2 is 2.10 bits per heavy atom. The van der Waals surface area contributed by atoms with Gasteiger partial charge in [-0.15, -0.1) is 0 Å². The Kier molecular flexibility index (Phi) is 3.04. The summed E-state index contributed by atoms with van der Waals surface area (Å²) in [5, 5.41) is 9.11. The maximum Gasteiger partial charge on any atom is 0.307 e. The zero-order valence-corrected chi connectivity index (χ0v) is 11.1. The number of imidazole rings is 1. The van der Waals surface area contributed by atoms with Crippen LogP contribution in [0, 0.1) is 18.7 Å². The predicted molar refractivity (Wildman–Crippen MR) is 71.8 cm³/mol. The van der Waals surface area contributed by atoms with E-state index in [1.807, 2.05) is 6.92 Å². The Morgan fingerprint density at radius 1 is 1.40 bits per heavy atom. The van der Waals surface area contributed by atoms with E-state index in [1.54, 1.807) is 12.1 Å². The minimum atomic E-state index is -0.764. The van der Waals surface area contributed by atoms with Crippen LogP contribution >= 0.6 is 0 Å².